The third-order valence-electron chi connectivity index (χ3n) is 2.55. The lowest BCUT2D eigenvalue weighted by Gasteiger charge is -2.06. The van der Waals surface area contributed by atoms with E-state index in [1.54, 1.807) is 0 Å². The van der Waals surface area contributed by atoms with Crippen molar-refractivity contribution in [3.8, 4) is 0 Å². The van der Waals surface area contributed by atoms with Crippen LogP contribution in [0.5, 0.6) is 0 Å². The highest BCUT2D eigenvalue weighted by molar-refractivity contribution is 4.57. The fourth-order valence-electron chi connectivity index (χ4n) is 1.59. The second-order valence-electron chi connectivity index (χ2n) is 4.02. The van der Waals surface area contributed by atoms with E-state index in [0.29, 0.717) is 6.42 Å². The van der Waals surface area contributed by atoms with E-state index in [-0.39, 0.29) is 6.61 Å². The van der Waals surface area contributed by atoms with Gasteiger partial charge in [-0.15, -0.1) is 0 Å². The number of unbranched alkanes of at least 4 members (excludes halogenated alkanes) is 5. The van der Waals surface area contributed by atoms with Crippen molar-refractivity contribution >= 4 is 0 Å². The maximum Gasteiger partial charge on any atom is 0.100 e. The minimum Gasteiger partial charge on any atom is -0.396 e. The molecule has 0 spiro atoms. The maximum atomic E-state index is 13.2. The summed E-state index contributed by atoms with van der Waals surface area (Å²) in [5, 5.41) is 8.53. The number of aliphatic hydroxyl groups excluding tert-OH is 1. The van der Waals surface area contributed by atoms with Crippen LogP contribution in [0.3, 0.4) is 0 Å². The molecule has 1 nitrogen and oxygen atoms in total. The van der Waals surface area contributed by atoms with Crippen LogP contribution in [0.15, 0.2) is 0 Å². The number of alkyl halides is 1. The van der Waals surface area contributed by atoms with Gasteiger partial charge < -0.3 is 5.11 Å². The van der Waals surface area contributed by atoms with Crippen LogP contribution >= 0.6 is 0 Å². The van der Waals surface area contributed by atoms with Crippen molar-refractivity contribution < 1.29 is 9.50 Å². The highest BCUT2D eigenvalue weighted by Crippen LogP contribution is 2.13. The summed E-state index contributed by atoms with van der Waals surface area (Å²) in [6.07, 6.45) is 8.26. The molecule has 0 saturated heterocycles. The van der Waals surface area contributed by atoms with Crippen LogP contribution in [-0.2, 0) is 0 Å². The predicted octanol–water partition coefficient (Wildman–Crippen LogP) is 3.85. The Hall–Kier alpha value is -0.110. The maximum absolute atomic E-state index is 13.2. The van der Waals surface area contributed by atoms with Gasteiger partial charge in [-0.1, -0.05) is 39.0 Å². The van der Waals surface area contributed by atoms with Crippen molar-refractivity contribution in [1.82, 2.24) is 0 Å². The van der Waals surface area contributed by atoms with Crippen LogP contribution in [0, 0.1) is 0 Å². The highest BCUT2D eigenvalue weighted by atomic mass is 19.1. The van der Waals surface area contributed by atoms with E-state index in [1.165, 1.54) is 25.7 Å². The molecular formula is C12H25FO. The molecule has 1 N–H and O–H groups in total. The van der Waals surface area contributed by atoms with Crippen molar-refractivity contribution in [1.29, 1.82) is 0 Å². The SMILES string of the molecule is CCCCCCC[C@@H](F)CCCCO. The molecule has 0 fully saturated rings. The molecule has 0 aromatic rings. The third-order valence-corrected chi connectivity index (χ3v) is 2.55. The summed E-state index contributed by atoms with van der Waals surface area (Å²) in [5.41, 5.74) is 0. The number of hydrogen-bond donors (Lipinski definition) is 1. The van der Waals surface area contributed by atoms with Gasteiger partial charge in [0.2, 0.25) is 0 Å². The zero-order valence-electron chi connectivity index (χ0n) is 9.47. The van der Waals surface area contributed by atoms with E-state index in [0.717, 1.165) is 25.7 Å². The van der Waals surface area contributed by atoms with Gasteiger partial charge in [0.25, 0.3) is 0 Å². The summed E-state index contributed by atoms with van der Waals surface area (Å²) in [6, 6.07) is 0. The zero-order chi connectivity index (χ0) is 10.6. The van der Waals surface area contributed by atoms with Crippen LogP contribution in [0.1, 0.15) is 64.7 Å². The molecule has 0 radical (unpaired) electrons. The topological polar surface area (TPSA) is 20.2 Å². The second-order valence-corrected chi connectivity index (χ2v) is 4.02. The number of hydrogen-bond acceptors (Lipinski definition) is 1. The average Bonchev–Trinajstić information content (AvgIpc) is 2.18. The van der Waals surface area contributed by atoms with Crippen molar-refractivity contribution in [2.75, 3.05) is 6.61 Å². The molecule has 0 aliphatic rings. The van der Waals surface area contributed by atoms with Gasteiger partial charge >= 0.3 is 0 Å². The van der Waals surface area contributed by atoms with Crippen molar-refractivity contribution in [2.45, 2.75) is 70.9 Å². The Kier molecular flexibility index (Phi) is 10.9. The molecule has 0 rings (SSSR count). The summed E-state index contributed by atoms with van der Waals surface area (Å²) in [6.45, 7) is 2.38. The van der Waals surface area contributed by atoms with Gasteiger partial charge in [-0.05, 0) is 25.7 Å². The summed E-state index contributed by atoms with van der Waals surface area (Å²) in [4.78, 5) is 0. The van der Waals surface area contributed by atoms with Gasteiger partial charge in [-0.2, -0.15) is 0 Å². The Morgan fingerprint density at radius 1 is 0.929 bits per heavy atom. The fourth-order valence-corrected chi connectivity index (χ4v) is 1.59. The average molecular weight is 204 g/mol. The van der Waals surface area contributed by atoms with Crippen LogP contribution in [0.2, 0.25) is 0 Å². The third kappa shape index (κ3) is 9.97. The van der Waals surface area contributed by atoms with Gasteiger partial charge in [0.05, 0.1) is 0 Å². The van der Waals surface area contributed by atoms with E-state index in [2.05, 4.69) is 6.92 Å². The molecule has 0 aliphatic heterocycles. The Morgan fingerprint density at radius 3 is 2.07 bits per heavy atom. The molecule has 0 unspecified atom stereocenters. The van der Waals surface area contributed by atoms with Crippen molar-refractivity contribution in [2.24, 2.45) is 0 Å². The lowest BCUT2D eigenvalue weighted by molar-refractivity contribution is 0.251. The zero-order valence-corrected chi connectivity index (χ0v) is 9.47. The van der Waals surface area contributed by atoms with Gasteiger partial charge in [-0.25, -0.2) is 4.39 Å². The van der Waals surface area contributed by atoms with E-state index in [9.17, 15) is 4.39 Å². The first-order valence-corrected chi connectivity index (χ1v) is 6.06. The summed E-state index contributed by atoms with van der Waals surface area (Å²) in [5.74, 6) is 0. The summed E-state index contributed by atoms with van der Waals surface area (Å²) >= 11 is 0. The van der Waals surface area contributed by atoms with Crippen LogP contribution in [0.4, 0.5) is 4.39 Å². The number of halogens is 1. The first kappa shape index (κ1) is 13.9. The Balaban J connectivity index is 3.06. The van der Waals surface area contributed by atoms with E-state index in [1.807, 2.05) is 0 Å². The molecule has 0 heterocycles. The minimum atomic E-state index is -0.636. The standard InChI is InChI=1S/C12H25FO/c1-2-3-4-5-6-9-12(13)10-7-8-11-14/h12,14H,2-11H2,1H3/t12-/m1/s1. The van der Waals surface area contributed by atoms with Crippen LogP contribution in [-0.4, -0.2) is 17.9 Å². The first-order chi connectivity index (χ1) is 6.81. The minimum absolute atomic E-state index is 0.198. The normalized spacial score (nSPS) is 13.1. The summed E-state index contributed by atoms with van der Waals surface area (Å²) < 4.78 is 13.2. The highest BCUT2D eigenvalue weighted by Gasteiger charge is 2.04. The van der Waals surface area contributed by atoms with Gasteiger partial charge in [0, 0.05) is 6.61 Å². The lowest BCUT2D eigenvalue weighted by Crippen LogP contribution is -2.00. The summed E-state index contributed by atoms with van der Waals surface area (Å²) in [7, 11) is 0. The van der Waals surface area contributed by atoms with Crippen molar-refractivity contribution in [3.63, 3.8) is 0 Å². The molecule has 0 saturated carbocycles. The fraction of sp³-hybridized carbons (Fsp3) is 1.00. The second kappa shape index (κ2) is 11.0. The number of aliphatic hydroxyl groups is 1. The van der Waals surface area contributed by atoms with Gasteiger partial charge in [0.1, 0.15) is 6.17 Å². The molecule has 0 aliphatic carbocycles. The van der Waals surface area contributed by atoms with Crippen LogP contribution < -0.4 is 0 Å². The van der Waals surface area contributed by atoms with E-state index in [4.69, 9.17) is 5.11 Å². The molecule has 14 heavy (non-hydrogen) atoms. The van der Waals surface area contributed by atoms with E-state index < -0.39 is 6.17 Å². The monoisotopic (exact) mass is 204 g/mol. The predicted molar refractivity (Wildman–Crippen MR) is 59.2 cm³/mol. The lowest BCUT2D eigenvalue weighted by atomic mass is 10.1. The quantitative estimate of drug-likeness (QED) is 0.536. The molecule has 0 amide bonds. The Labute approximate surface area is 87.7 Å². The molecule has 1 atom stereocenters. The molecule has 0 aromatic heterocycles. The molecule has 2 heteroatoms. The Morgan fingerprint density at radius 2 is 1.50 bits per heavy atom. The smallest absolute Gasteiger partial charge is 0.100 e. The Bertz CT molecular complexity index is 106. The molecule has 86 valence electrons. The molecule has 0 bridgehead atoms. The molecule has 0 aromatic carbocycles. The van der Waals surface area contributed by atoms with Crippen LogP contribution in [0.25, 0.3) is 0 Å². The van der Waals surface area contributed by atoms with Crippen molar-refractivity contribution in [3.05, 3.63) is 0 Å². The molecular weight excluding hydrogens is 179 g/mol. The number of rotatable bonds is 10. The van der Waals surface area contributed by atoms with Gasteiger partial charge in [0.15, 0.2) is 0 Å². The van der Waals surface area contributed by atoms with Gasteiger partial charge in [-0.3, -0.25) is 0 Å². The van der Waals surface area contributed by atoms with E-state index >= 15 is 0 Å². The largest absolute Gasteiger partial charge is 0.396 e. The first-order valence-electron chi connectivity index (χ1n) is 6.06.